The van der Waals surface area contributed by atoms with E-state index in [0.29, 0.717) is 31.6 Å². The Bertz CT molecular complexity index is 1750. The monoisotopic (exact) mass is 1340 g/mol. The second-order valence-corrected chi connectivity index (χ2v) is 29.4. The molecule has 0 heterocycles. The largest absolute Gasteiger partial charge is 0.472 e. The minimum atomic E-state index is -4.95. The molecule has 0 amide bonds. The van der Waals surface area contributed by atoms with Gasteiger partial charge in [-0.15, -0.1) is 0 Å². The van der Waals surface area contributed by atoms with E-state index in [-0.39, 0.29) is 25.7 Å². The summed E-state index contributed by atoms with van der Waals surface area (Å²) in [6.07, 6.45) is 53.1. The van der Waals surface area contributed by atoms with Crippen LogP contribution < -0.4 is 0 Å². The summed E-state index contributed by atoms with van der Waals surface area (Å²) in [6, 6.07) is 0. The highest BCUT2D eigenvalue weighted by molar-refractivity contribution is 7.47. The molecule has 3 N–H and O–H groups in total. The van der Waals surface area contributed by atoms with Crippen LogP contribution in [0.25, 0.3) is 0 Å². The van der Waals surface area contributed by atoms with E-state index in [2.05, 4.69) is 34.6 Å². The number of carbonyl (C=O) groups is 4. The molecule has 0 aliphatic rings. The van der Waals surface area contributed by atoms with Crippen LogP contribution in [0.15, 0.2) is 0 Å². The van der Waals surface area contributed by atoms with Gasteiger partial charge in [-0.25, -0.2) is 9.13 Å². The number of aliphatic hydroxyl groups is 1. The molecule has 0 bridgehead atoms. The first kappa shape index (κ1) is 89.1. The van der Waals surface area contributed by atoms with Crippen LogP contribution in [0.5, 0.6) is 0 Å². The summed E-state index contributed by atoms with van der Waals surface area (Å²) in [5.74, 6) is -1.46. The van der Waals surface area contributed by atoms with Crippen molar-refractivity contribution in [2.24, 2.45) is 5.92 Å². The van der Waals surface area contributed by atoms with Crippen molar-refractivity contribution in [1.29, 1.82) is 0 Å². The van der Waals surface area contributed by atoms with Gasteiger partial charge in [-0.3, -0.25) is 37.3 Å². The van der Waals surface area contributed by atoms with Gasteiger partial charge in [0.05, 0.1) is 26.4 Å². The number of rotatable bonds is 72. The Hall–Kier alpha value is -1.94. The maximum atomic E-state index is 13.0. The molecule has 0 spiro atoms. The Balaban J connectivity index is 5.15. The lowest BCUT2D eigenvalue weighted by Gasteiger charge is -2.21. The fourth-order valence-corrected chi connectivity index (χ4v) is 12.6. The van der Waals surface area contributed by atoms with Crippen LogP contribution in [0.2, 0.25) is 0 Å². The van der Waals surface area contributed by atoms with Crippen LogP contribution in [0.4, 0.5) is 0 Å². The van der Waals surface area contributed by atoms with Crippen molar-refractivity contribution in [3.63, 3.8) is 0 Å². The lowest BCUT2D eigenvalue weighted by Crippen LogP contribution is -2.30. The Morgan fingerprint density at radius 1 is 0.297 bits per heavy atom. The third kappa shape index (κ3) is 66.5. The first-order valence-corrected chi connectivity index (χ1v) is 40.6. The van der Waals surface area contributed by atoms with E-state index in [1.807, 2.05) is 0 Å². The standard InChI is InChI=1S/C72H140O17P2/c1-6-9-12-15-18-21-23-25-26-27-28-29-30-31-32-33-35-38-41-47-52-57-71(76)88-67(61-83-70(75)56-51-46-40-37-34-24-22-19-16-13-10-7-2)63-86-90(78,79)84-59-66(73)60-85-91(80,81)87-64-68(89-72(77)58-53-48-43-42-44-49-54-65(4)5)62-82-69(74)55-50-45-39-36-20-17-14-11-8-3/h65-68,73H,6-64H2,1-5H3,(H,78,79)(H,80,81)/t66-,67-,68-/m1/s1. The van der Waals surface area contributed by atoms with Gasteiger partial charge in [0.1, 0.15) is 19.3 Å². The summed E-state index contributed by atoms with van der Waals surface area (Å²) in [5, 5.41) is 10.6. The molecule has 0 aromatic carbocycles. The molecule has 19 heteroatoms. The molecule has 0 radical (unpaired) electrons. The predicted molar refractivity (Wildman–Crippen MR) is 368 cm³/mol. The number of esters is 4. The third-order valence-electron chi connectivity index (χ3n) is 16.8. The van der Waals surface area contributed by atoms with Gasteiger partial charge in [0, 0.05) is 25.7 Å². The highest BCUT2D eigenvalue weighted by Crippen LogP contribution is 2.45. The average molecular weight is 1340 g/mol. The van der Waals surface area contributed by atoms with Crippen molar-refractivity contribution in [1.82, 2.24) is 0 Å². The lowest BCUT2D eigenvalue weighted by molar-refractivity contribution is -0.161. The second kappa shape index (κ2) is 65.4. The molecule has 17 nitrogen and oxygen atoms in total. The zero-order chi connectivity index (χ0) is 67.0. The Kier molecular flexibility index (Phi) is 64.0. The summed E-state index contributed by atoms with van der Waals surface area (Å²) in [6.45, 7) is 7.14. The number of aliphatic hydroxyl groups excluding tert-OH is 1. The van der Waals surface area contributed by atoms with Crippen LogP contribution in [-0.2, 0) is 65.4 Å². The summed E-state index contributed by atoms with van der Waals surface area (Å²) in [7, 11) is -9.90. The number of phosphoric acid groups is 2. The van der Waals surface area contributed by atoms with Crippen molar-refractivity contribution in [3.05, 3.63) is 0 Å². The Morgan fingerprint density at radius 2 is 0.505 bits per heavy atom. The molecule has 540 valence electrons. The zero-order valence-corrected chi connectivity index (χ0v) is 60.8. The summed E-state index contributed by atoms with van der Waals surface area (Å²) in [4.78, 5) is 72.5. The van der Waals surface area contributed by atoms with E-state index in [0.717, 1.165) is 89.9 Å². The van der Waals surface area contributed by atoms with E-state index in [9.17, 15) is 43.2 Å². The first-order valence-electron chi connectivity index (χ1n) is 37.6. The van der Waals surface area contributed by atoms with Gasteiger partial charge in [-0.05, 0) is 31.6 Å². The van der Waals surface area contributed by atoms with Crippen molar-refractivity contribution < 1.29 is 80.2 Å². The number of carbonyl (C=O) groups excluding carboxylic acids is 4. The first-order chi connectivity index (χ1) is 44.0. The van der Waals surface area contributed by atoms with Crippen LogP contribution in [0.1, 0.15) is 375 Å². The topological polar surface area (TPSA) is 237 Å². The number of hydrogen-bond donors (Lipinski definition) is 3. The minimum Gasteiger partial charge on any atom is -0.462 e. The van der Waals surface area contributed by atoms with Gasteiger partial charge in [-0.1, -0.05) is 324 Å². The maximum Gasteiger partial charge on any atom is 0.472 e. The lowest BCUT2D eigenvalue weighted by atomic mass is 10.0. The number of phosphoric ester groups is 2. The minimum absolute atomic E-state index is 0.102. The molecule has 5 atom stereocenters. The Labute approximate surface area is 556 Å². The van der Waals surface area contributed by atoms with E-state index in [4.69, 9.17) is 37.0 Å². The number of unbranched alkanes of at least 4 members (excludes halogenated alkanes) is 44. The van der Waals surface area contributed by atoms with Gasteiger partial charge in [0.25, 0.3) is 0 Å². The number of ether oxygens (including phenoxy) is 4. The molecule has 0 fully saturated rings. The van der Waals surface area contributed by atoms with Crippen molar-refractivity contribution in [3.8, 4) is 0 Å². The van der Waals surface area contributed by atoms with Crippen LogP contribution in [0, 0.1) is 5.92 Å². The normalized spacial score (nSPS) is 14.0. The predicted octanol–water partition coefficient (Wildman–Crippen LogP) is 20.9. The molecule has 0 aliphatic heterocycles. The van der Waals surface area contributed by atoms with E-state index in [1.165, 1.54) is 199 Å². The summed E-state index contributed by atoms with van der Waals surface area (Å²) in [5.41, 5.74) is 0. The van der Waals surface area contributed by atoms with Gasteiger partial charge < -0.3 is 33.8 Å². The molecule has 2 unspecified atom stereocenters. The van der Waals surface area contributed by atoms with Gasteiger partial charge >= 0.3 is 39.5 Å². The zero-order valence-electron chi connectivity index (χ0n) is 59.0. The van der Waals surface area contributed by atoms with Gasteiger partial charge in [0.2, 0.25) is 0 Å². The Morgan fingerprint density at radius 3 is 0.747 bits per heavy atom. The van der Waals surface area contributed by atoms with Crippen LogP contribution in [0.3, 0.4) is 0 Å². The second-order valence-electron chi connectivity index (χ2n) is 26.5. The molecule has 0 rings (SSSR count). The highest BCUT2D eigenvalue weighted by Gasteiger charge is 2.30. The third-order valence-corrected chi connectivity index (χ3v) is 18.7. The maximum absolute atomic E-state index is 13.0. The molecule has 0 saturated heterocycles. The molecular weight excluding hydrogens is 1200 g/mol. The van der Waals surface area contributed by atoms with Crippen LogP contribution >= 0.6 is 15.6 Å². The SMILES string of the molecule is CCCCCCCCCCCCCCCCCCCCCCCC(=O)O[C@H](COC(=O)CCCCCCCCCCCCCC)COP(=O)(O)OC[C@@H](O)COP(=O)(O)OC[C@@H](COC(=O)CCCCCCCCCCC)OC(=O)CCCCCCCCC(C)C. The molecular formula is C72H140O17P2. The number of hydrogen-bond acceptors (Lipinski definition) is 15. The van der Waals surface area contributed by atoms with E-state index in [1.54, 1.807) is 0 Å². The quantitative estimate of drug-likeness (QED) is 0.0222. The molecule has 0 saturated carbocycles. The average Bonchev–Trinajstić information content (AvgIpc) is 3.73. The van der Waals surface area contributed by atoms with Crippen molar-refractivity contribution in [2.45, 2.75) is 393 Å². The molecule has 91 heavy (non-hydrogen) atoms. The fourth-order valence-electron chi connectivity index (χ4n) is 11.0. The van der Waals surface area contributed by atoms with Gasteiger partial charge in [-0.2, -0.15) is 0 Å². The molecule has 0 aromatic rings. The van der Waals surface area contributed by atoms with Gasteiger partial charge in [0.15, 0.2) is 12.2 Å². The summed E-state index contributed by atoms with van der Waals surface area (Å²) < 4.78 is 68.2. The highest BCUT2D eigenvalue weighted by atomic mass is 31.2. The van der Waals surface area contributed by atoms with E-state index < -0.39 is 97.5 Å². The van der Waals surface area contributed by atoms with Crippen LogP contribution in [-0.4, -0.2) is 96.7 Å². The van der Waals surface area contributed by atoms with Crippen molar-refractivity contribution >= 4 is 39.5 Å². The van der Waals surface area contributed by atoms with E-state index >= 15 is 0 Å². The molecule has 0 aliphatic carbocycles. The smallest absolute Gasteiger partial charge is 0.462 e. The molecule has 0 aromatic heterocycles. The fraction of sp³-hybridized carbons (Fsp3) is 0.944. The van der Waals surface area contributed by atoms with Crippen molar-refractivity contribution in [2.75, 3.05) is 39.6 Å². The summed E-state index contributed by atoms with van der Waals surface area (Å²) >= 11 is 0.